The largest absolute Gasteiger partial charge is 0.557 e. The summed E-state index contributed by atoms with van der Waals surface area (Å²) >= 11 is 19.1. The molecule has 0 aliphatic carbocycles. The monoisotopic (exact) mass is 298 g/mol. The normalized spacial score (nSPS) is 12.9. The van der Waals surface area contributed by atoms with Gasteiger partial charge in [0.15, 0.2) is 0 Å². The van der Waals surface area contributed by atoms with Gasteiger partial charge in [-0.2, -0.15) is 0 Å². The summed E-state index contributed by atoms with van der Waals surface area (Å²) in [6.07, 6.45) is -3.29. The van der Waals surface area contributed by atoms with E-state index in [9.17, 15) is 4.79 Å². The quantitative estimate of drug-likeness (QED) is 0.445. The zero-order valence-electron chi connectivity index (χ0n) is 5.83. The SMILES string of the molecule is CC(C)(Br)C(=O)O[Si](Cl)(Cl)Cl. The van der Waals surface area contributed by atoms with E-state index in [1.807, 2.05) is 0 Å². The van der Waals surface area contributed by atoms with Gasteiger partial charge < -0.3 is 4.43 Å². The van der Waals surface area contributed by atoms with Crippen molar-refractivity contribution in [1.82, 2.24) is 0 Å². The van der Waals surface area contributed by atoms with Crippen LogP contribution in [0.5, 0.6) is 0 Å². The van der Waals surface area contributed by atoms with Crippen molar-refractivity contribution < 1.29 is 9.22 Å². The van der Waals surface area contributed by atoms with E-state index >= 15 is 0 Å². The van der Waals surface area contributed by atoms with Gasteiger partial charge in [-0.05, 0) is 13.8 Å². The van der Waals surface area contributed by atoms with E-state index in [1.54, 1.807) is 13.8 Å². The van der Waals surface area contributed by atoms with Crippen molar-refractivity contribution in [3.05, 3.63) is 0 Å². The molecule has 11 heavy (non-hydrogen) atoms. The average molecular weight is 300 g/mol. The molecular formula is C4H6BrCl3O2Si. The lowest BCUT2D eigenvalue weighted by molar-refractivity contribution is -0.136. The third-order valence-corrected chi connectivity index (χ3v) is 2.13. The molecular weight excluding hydrogens is 294 g/mol. The van der Waals surface area contributed by atoms with E-state index in [2.05, 4.69) is 20.4 Å². The topological polar surface area (TPSA) is 26.3 Å². The second-order valence-electron chi connectivity index (χ2n) is 2.31. The number of alkyl halides is 1. The Morgan fingerprint density at radius 2 is 1.82 bits per heavy atom. The van der Waals surface area contributed by atoms with E-state index in [0.29, 0.717) is 0 Å². The van der Waals surface area contributed by atoms with Gasteiger partial charge >= 0.3 is 12.2 Å². The molecule has 66 valence electrons. The van der Waals surface area contributed by atoms with Crippen LogP contribution in [0.25, 0.3) is 0 Å². The highest BCUT2D eigenvalue weighted by Crippen LogP contribution is 2.26. The zero-order valence-corrected chi connectivity index (χ0v) is 10.7. The van der Waals surface area contributed by atoms with Gasteiger partial charge in [-0.3, -0.25) is 4.79 Å². The molecule has 0 amide bonds. The minimum Gasteiger partial charge on any atom is -0.480 e. The summed E-state index contributed by atoms with van der Waals surface area (Å²) in [6, 6.07) is 0. The predicted octanol–water partition coefficient (Wildman–Crippen LogP) is 2.86. The van der Waals surface area contributed by atoms with Gasteiger partial charge in [0, 0.05) is 0 Å². The van der Waals surface area contributed by atoms with Gasteiger partial charge in [-0.25, -0.2) is 0 Å². The predicted molar refractivity (Wildman–Crippen MR) is 52.4 cm³/mol. The van der Waals surface area contributed by atoms with Crippen LogP contribution in [0.1, 0.15) is 13.8 Å². The molecule has 0 atom stereocenters. The van der Waals surface area contributed by atoms with Crippen molar-refractivity contribution in [2.75, 3.05) is 0 Å². The molecule has 0 spiro atoms. The van der Waals surface area contributed by atoms with E-state index in [0.717, 1.165) is 0 Å². The molecule has 0 rings (SSSR count). The van der Waals surface area contributed by atoms with Gasteiger partial charge in [0.25, 0.3) is 0 Å². The Bertz CT molecular complexity index is 162. The van der Waals surface area contributed by atoms with Crippen LogP contribution in [0.3, 0.4) is 0 Å². The van der Waals surface area contributed by atoms with Crippen molar-refractivity contribution in [3.63, 3.8) is 0 Å². The third kappa shape index (κ3) is 6.22. The van der Waals surface area contributed by atoms with Crippen LogP contribution >= 0.6 is 49.2 Å². The zero-order chi connectivity index (χ0) is 9.28. The molecule has 0 saturated heterocycles. The molecule has 0 radical (unpaired) electrons. The first-order chi connectivity index (χ1) is 4.63. The number of rotatable bonds is 2. The number of hydrogen-bond acceptors (Lipinski definition) is 2. The van der Waals surface area contributed by atoms with Gasteiger partial charge in [0.2, 0.25) is 0 Å². The molecule has 0 fully saturated rings. The maximum atomic E-state index is 11.0. The molecule has 0 bridgehead atoms. The first-order valence-electron chi connectivity index (χ1n) is 2.62. The standard InChI is InChI=1S/C4H6BrCl3O2Si/c1-4(2,5)3(9)10-11(6,7)8/h1-2H3. The molecule has 0 aromatic rings. The molecule has 0 heterocycles. The van der Waals surface area contributed by atoms with Crippen LogP contribution in [0.4, 0.5) is 0 Å². The summed E-state index contributed by atoms with van der Waals surface area (Å²) in [5, 5.41) is 0. The second-order valence-corrected chi connectivity index (χ2v) is 11.9. The van der Waals surface area contributed by atoms with E-state index in [1.165, 1.54) is 0 Å². The van der Waals surface area contributed by atoms with Crippen molar-refractivity contribution in [3.8, 4) is 0 Å². The molecule has 7 heteroatoms. The Morgan fingerprint density at radius 1 is 1.45 bits per heavy atom. The number of carbonyl (C=O) groups is 1. The van der Waals surface area contributed by atoms with Crippen molar-refractivity contribution in [2.24, 2.45) is 0 Å². The lowest BCUT2D eigenvalue weighted by atomic mass is 10.2. The van der Waals surface area contributed by atoms with Gasteiger partial charge in [-0.15, -0.1) is 0 Å². The van der Waals surface area contributed by atoms with Crippen molar-refractivity contribution in [2.45, 2.75) is 18.2 Å². The summed E-state index contributed by atoms with van der Waals surface area (Å²) in [5.74, 6) is -0.566. The van der Waals surface area contributed by atoms with Crippen LogP contribution in [0.2, 0.25) is 0 Å². The summed E-state index contributed by atoms with van der Waals surface area (Å²) in [5.41, 5.74) is 0. The third-order valence-electron chi connectivity index (χ3n) is 0.694. The summed E-state index contributed by atoms with van der Waals surface area (Å²) < 4.78 is 3.75. The fourth-order valence-electron chi connectivity index (χ4n) is 0.226. The molecule has 0 saturated carbocycles. The molecule has 0 aliphatic rings. The molecule has 0 aromatic carbocycles. The molecule has 0 aliphatic heterocycles. The molecule has 0 N–H and O–H groups in total. The van der Waals surface area contributed by atoms with Crippen LogP contribution in [0.15, 0.2) is 0 Å². The lowest BCUT2D eigenvalue weighted by Crippen LogP contribution is -2.33. The van der Waals surface area contributed by atoms with Gasteiger partial charge in [-0.1, -0.05) is 49.2 Å². The minimum absolute atomic E-state index is 0.566. The summed E-state index contributed by atoms with van der Waals surface area (Å²) in [6.45, 7) is 3.22. The highest BCUT2D eigenvalue weighted by molar-refractivity contribution is 9.10. The number of halogens is 4. The average Bonchev–Trinajstić information content (AvgIpc) is 1.56. The maximum absolute atomic E-state index is 11.0. The van der Waals surface area contributed by atoms with Crippen LogP contribution < -0.4 is 0 Å². The summed E-state index contributed by atoms with van der Waals surface area (Å²) in [7, 11) is 0. The fourth-order valence-corrected chi connectivity index (χ4v) is 1.55. The second kappa shape index (κ2) is 3.83. The first kappa shape index (κ1) is 12.0. The molecule has 2 nitrogen and oxygen atoms in total. The Kier molecular flexibility index (Phi) is 4.19. The number of carbonyl (C=O) groups excluding carboxylic acids is 1. The van der Waals surface area contributed by atoms with Crippen LogP contribution in [-0.4, -0.2) is 16.5 Å². The fraction of sp³-hybridized carbons (Fsp3) is 0.750. The van der Waals surface area contributed by atoms with Crippen molar-refractivity contribution >= 4 is 61.4 Å². The van der Waals surface area contributed by atoms with Gasteiger partial charge in [0.1, 0.15) is 4.32 Å². The Morgan fingerprint density at radius 3 is 1.91 bits per heavy atom. The Balaban J connectivity index is 4.11. The van der Waals surface area contributed by atoms with Crippen LogP contribution in [-0.2, 0) is 9.22 Å². The highest BCUT2D eigenvalue weighted by atomic mass is 79.9. The Labute approximate surface area is 88.5 Å². The van der Waals surface area contributed by atoms with Crippen LogP contribution in [0, 0.1) is 0 Å². The highest BCUT2D eigenvalue weighted by Gasteiger charge is 2.37. The number of hydrogen-bond donors (Lipinski definition) is 0. The maximum Gasteiger partial charge on any atom is 0.557 e. The smallest absolute Gasteiger partial charge is 0.480 e. The Hall–Kier alpha value is 1.04. The molecule has 0 aromatic heterocycles. The molecule has 0 unspecified atom stereocenters. The van der Waals surface area contributed by atoms with E-state index < -0.39 is 16.5 Å². The van der Waals surface area contributed by atoms with E-state index in [4.69, 9.17) is 33.2 Å². The minimum atomic E-state index is -3.29. The summed E-state index contributed by atoms with van der Waals surface area (Å²) in [4.78, 5) is 11.0. The lowest BCUT2D eigenvalue weighted by Gasteiger charge is -2.17. The van der Waals surface area contributed by atoms with E-state index in [-0.39, 0.29) is 0 Å². The van der Waals surface area contributed by atoms with Crippen molar-refractivity contribution in [1.29, 1.82) is 0 Å². The first-order valence-corrected chi connectivity index (χ1v) is 8.36. The van der Waals surface area contributed by atoms with Gasteiger partial charge in [0.05, 0.1) is 0 Å².